The summed E-state index contributed by atoms with van der Waals surface area (Å²) in [6.07, 6.45) is 2.45. The summed E-state index contributed by atoms with van der Waals surface area (Å²) in [6, 6.07) is 11.6. The number of sulfone groups is 1. The molecule has 0 aromatic heterocycles. The minimum atomic E-state index is -3.53. The molecule has 1 aliphatic rings. The molecule has 1 aliphatic heterocycles. The number of hydrogen-bond donors (Lipinski definition) is 0. The Bertz CT molecular complexity index is 973. The summed E-state index contributed by atoms with van der Waals surface area (Å²) in [4.78, 5) is 12.8. The van der Waals surface area contributed by atoms with Crippen LogP contribution in [0.1, 0.15) is 29.3 Å². The molecular weight excluding hydrogens is 352 g/mol. The van der Waals surface area contributed by atoms with Crippen molar-refractivity contribution in [2.24, 2.45) is 0 Å². The van der Waals surface area contributed by atoms with E-state index in [-0.39, 0.29) is 27.6 Å². The Hall–Kier alpha value is -2.60. The molecule has 0 saturated carbocycles. The molecule has 2 aromatic carbocycles. The van der Waals surface area contributed by atoms with Gasteiger partial charge in [-0.2, -0.15) is 0 Å². The molecule has 0 amide bonds. The molecule has 136 valence electrons. The van der Waals surface area contributed by atoms with Crippen LogP contribution >= 0.6 is 0 Å². The zero-order valence-electron chi connectivity index (χ0n) is 14.7. The van der Waals surface area contributed by atoms with Crippen LogP contribution in [0.5, 0.6) is 11.5 Å². The monoisotopic (exact) mass is 372 g/mol. The molecule has 3 rings (SSSR count). The van der Waals surface area contributed by atoms with E-state index in [9.17, 15) is 13.2 Å². The maximum Gasteiger partial charge on any atom is 0.191 e. The molecule has 0 radical (unpaired) electrons. The highest BCUT2D eigenvalue weighted by molar-refractivity contribution is 7.91. The third-order valence-electron chi connectivity index (χ3n) is 4.09. The largest absolute Gasteiger partial charge is 0.493 e. The molecule has 0 saturated heterocycles. The molecule has 6 heteroatoms. The molecule has 0 aliphatic carbocycles. The number of carbonyl (C=O) groups excluding carboxylic acids is 1. The third-order valence-corrected chi connectivity index (χ3v) is 5.81. The van der Waals surface area contributed by atoms with Crippen LogP contribution in [-0.4, -0.2) is 33.7 Å². The fourth-order valence-electron chi connectivity index (χ4n) is 2.86. The summed E-state index contributed by atoms with van der Waals surface area (Å²) in [6.45, 7) is 2.54. The Balaban J connectivity index is 2.02. The van der Waals surface area contributed by atoms with E-state index in [0.717, 1.165) is 6.42 Å². The van der Waals surface area contributed by atoms with Gasteiger partial charge in [-0.15, -0.1) is 0 Å². The van der Waals surface area contributed by atoms with E-state index in [1.165, 1.54) is 6.07 Å². The number of fused-ring (bicyclic) bond motifs is 1. The lowest BCUT2D eigenvalue weighted by Gasteiger charge is -2.18. The van der Waals surface area contributed by atoms with Gasteiger partial charge in [0.2, 0.25) is 0 Å². The van der Waals surface area contributed by atoms with Crippen LogP contribution in [0.4, 0.5) is 0 Å². The van der Waals surface area contributed by atoms with Crippen LogP contribution in [0.2, 0.25) is 0 Å². The first-order valence-electron chi connectivity index (χ1n) is 8.34. The number of methoxy groups -OCH3 is 1. The first kappa shape index (κ1) is 18.2. The highest BCUT2D eigenvalue weighted by atomic mass is 32.2. The summed E-state index contributed by atoms with van der Waals surface area (Å²) >= 11 is 0. The van der Waals surface area contributed by atoms with E-state index >= 15 is 0 Å². The van der Waals surface area contributed by atoms with Gasteiger partial charge >= 0.3 is 0 Å². The molecule has 1 heterocycles. The van der Waals surface area contributed by atoms with Crippen molar-refractivity contribution in [1.29, 1.82) is 0 Å². The number of ketones is 1. The summed E-state index contributed by atoms with van der Waals surface area (Å²) < 4.78 is 35.9. The van der Waals surface area contributed by atoms with Gasteiger partial charge in [0.1, 0.15) is 0 Å². The number of hydrogen-bond acceptors (Lipinski definition) is 5. The summed E-state index contributed by atoms with van der Waals surface area (Å²) in [7, 11) is -1.97. The SMILES string of the molecule is CCCOc1cc(/C=C2\CS(=O)(=O)c3ccccc3C2=O)ccc1OC. The van der Waals surface area contributed by atoms with Crippen molar-refractivity contribution in [2.75, 3.05) is 19.5 Å². The van der Waals surface area contributed by atoms with Gasteiger partial charge in [0.15, 0.2) is 27.1 Å². The van der Waals surface area contributed by atoms with E-state index in [0.29, 0.717) is 23.7 Å². The van der Waals surface area contributed by atoms with Crippen molar-refractivity contribution in [3.63, 3.8) is 0 Å². The van der Waals surface area contributed by atoms with Crippen molar-refractivity contribution in [2.45, 2.75) is 18.2 Å². The van der Waals surface area contributed by atoms with E-state index in [1.54, 1.807) is 49.6 Å². The number of ether oxygens (including phenoxy) is 2. The van der Waals surface area contributed by atoms with Gasteiger partial charge in [-0.25, -0.2) is 8.42 Å². The second-order valence-electron chi connectivity index (χ2n) is 6.01. The Kier molecular flexibility index (Phi) is 5.13. The highest BCUT2D eigenvalue weighted by Crippen LogP contribution is 2.32. The summed E-state index contributed by atoms with van der Waals surface area (Å²) in [5, 5.41) is 0. The van der Waals surface area contributed by atoms with E-state index < -0.39 is 9.84 Å². The maximum absolute atomic E-state index is 12.7. The minimum absolute atomic E-state index is 0.101. The molecule has 2 aromatic rings. The molecule has 26 heavy (non-hydrogen) atoms. The zero-order valence-corrected chi connectivity index (χ0v) is 15.5. The van der Waals surface area contributed by atoms with Gasteiger partial charge in [0, 0.05) is 11.1 Å². The maximum atomic E-state index is 12.7. The van der Waals surface area contributed by atoms with Crippen molar-refractivity contribution >= 4 is 21.7 Å². The fourth-order valence-corrected chi connectivity index (χ4v) is 4.42. The molecule has 0 atom stereocenters. The Morgan fingerprint density at radius 1 is 1.12 bits per heavy atom. The lowest BCUT2D eigenvalue weighted by Crippen LogP contribution is -2.24. The van der Waals surface area contributed by atoms with Crippen molar-refractivity contribution in [3.05, 3.63) is 59.2 Å². The van der Waals surface area contributed by atoms with E-state index in [4.69, 9.17) is 9.47 Å². The molecule has 0 N–H and O–H groups in total. The third kappa shape index (κ3) is 3.51. The van der Waals surface area contributed by atoms with Crippen LogP contribution in [0, 0.1) is 0 Å². The molecule has 0 bridgehead atoms. The quantitative estimate of drug-likeness (QED) is 0.751. The van der Waals surface area contributed by atoms with Crippen molar-refractivity contribution in [3.8, 4) is 11.5 Å². The summed E-state index contributed by atoms with van der Waals surface area (Å²) in [5.74, 6) is 0.589. The fraction of sp³-hybridized carbons (Fsp3) is 0.250. The lowest BCUT2D eigenvalue weighted by molar-refractivity contribution is 0.103. The van der Waals surface area contributed by atoms with Crippen molar-refractivity contribution in [1.82, 2.24) is 0 Å². The van der Waals surface area contributed by atoms with Crippen LogP contribution in [0.3, 0.4) is 0 Å². The van der Waals surface area contributed by atoms with Crippen LogP contribution < -0.4 is 9.47 Å². The highest BCUT2D eigenvalue weighted by Gasteiger charge is 2.32. The molecule has 0 unspecified atom stereocenters. The minimum Gasteiger partial charge on any atom is -0.493 e. The summed E-state index contributed by atoms with van der Waals surface area (Å²) in [5.41, 5.74) is 1.16. The first-order chi connectivity index (χ1) is 12.5. The second-order valence-corrected chi connectivity index (χ2v) is 7.97. The van der Waals surface area contributed by atoms with Gasteiger partial charge in [-0.05, 0) is 42.3 Å². The standard InChI is InChI=1S/C20H20O5S/c1-3-10-25-18-12-14(8-9-17(18)24-2)11-15-13-26(22,23)19-7-5-4-6-16(19)20(15)21/h4-9,11-12H,3,10,13H2,1-2H3/b15-11+. The Morgan fingerprint density at radius 3 is 2.62 bits per heavy atom. The van der Waals surface area contributed by atoms with Crippen LogP contribution in [0.15, 0.2) is 52.9 Å². The number of Topliss-reactive ketones (excluding diaryl/α,β-unsaturated/α-hetero) is 1. The molecule has 0 spiro atoms. The van der Waals surface area contributed by atoms with Gasteiger partial charge in [-0.1, -0.05) is 25.1 Å². The lowest BCUT2D eigenvalue weighted by atomic mass is 10.0. The van der Waals surface area contributed by atoms with Gasteiger partial charge in [-0.3, -0.25) is 4.79 Å². The van der Waals surface area contributed by atoms with Gasteiger partial charge < -0.3 is 9.47 Å². The molecule has 0 fully saturated rings. The van der Waals surface area contributed by atoms with E-state index in [1.807, 2.05) is 6.92 Å². The van der Waals surface area contributed by atoms with Crippen LogP contribution in [-0.2, 0) is 9.84 Å². The topological polar surface area (TPSA) is 69.7 Å². The first-order valence-corrected chi connectivity index (χ1v) is 9.99. The molecule has 5 nitrogen and oxygen atoms in total. The van der Waals surface area contributed by atoms with E-state index in [2.05, 4.69) is 0 Å². The number of rotatable bonds is 5. The average molecular weight is 372 g/mol. The van der Waals surface area contributed by atoms with Crippen LogP contribution in [0.25, 0.3) is 6.08 Å². The van der Waals surface area contributed by atoms with Crippen molar-refractivity contribution < 1.29 is 22.7 Å². The van der Waals surface area contributed by atoms with Gasteiger partial charge in [0.05, 0.1) is 24.4 Å². The predicted octanol–water partition coefficient (Wildman–Crippen LogP) is 3.54. The zero-order chi connectivity index (χ0) is 18.7. The normalized spacial score (nSPS) is 17.0. The number of carbonyl (C=O) groups is 1. The Morgan fingerprint density at radius 2 is 1.88 bits per heavy atom. The Labute approximate surface area is 153 Å². The molecular formula is C20H20O5S. The average Bonchev–Trinajstić information content (AvgIpc) is 2.64. The predicted molar refractivity (Wildman–Crippen MR) is 99.6 cm³/mol. The van der Waals surface area contributed by atoms with Gasteiger partial charge in [0.25, 0.3) is 0 Å². The smallest absolute Gasteiger partial charge is 0.191 e. The second kappa shape index (κ2) is 7.33. The number of benzene rings is 2.